The van der Waals surface area contributed by atoms with Gasteiger partial charge in [0, 0.05) is 36.3 Å². The first-order valence-corrected chi connectivity index (χ1v) is 12.9. The normalized spacial score (nSPS) is 13.4. The van der Waals surface area contributed by atoms with E-state index < -0.39 is 21.0 Å². The minimum absolute atomic E-state index is 0.287. The van der Waals surface area contributed by atoms with Gasteiger partial charge >= 0.3 is 0 Å². The molecule has 0 saturated carbocycles. The molecule has 2 atom stereocenters. The van der Waals surface area contributed by atoms with Gasteiger partial charge in [-0.1, -0.05) is 19.1 Å². The highest BCUT2D eigenvalue weighted by Gasteiger charge is 2.32. The second-order valence-corrected chi connectivity index (χ2v) is 11.0. The molecule has 0 N–H and O–H groups in total. The Bertz CT molecular complexity index is 1430. The second kappa shape index (κ2) is 9.91. The van der Waals surface area contributed by atoms with Gasteiger partial charge in [0.1, 0.15) is 17.3 Å². The molecule has 0 bridgehead atoms. The minimum Gasteiger partial charge on any atom is -0.495 e. The van der Waals surface area contributed by atoms with E-state index in [9.17, 15) is 8.42 Å². The molecular weight excluding hydrogens is 464 g/mol. The van der Waals surface area contributed by atoms with Gasteiger partial charge in [-0.2, -0.15) is 0 Å². The number of nitrogens with zero attached hydrogens (tertiary/aromatic N) is 6. The molecule has 182 valence electrons. The van der Waals surface area contributed by atoms with Crippen LogP contribution in [0.2, 0.25) is 0 Å². The highest BCUT2D eigenvalue weighted by molar-refractivity contribution is 7.91. The fourth-order valence-electron chi connectivity index (χ4n) is 3.81. The van der Waals surface area contributed by atoms with Crippen LogP contribution in [0.5, 0.6) is 5.75 Å². The van der Waals surface area contributed by atoms with Crippen LogP contribution >= 0.6 is 0 Å². The summed E-state index contributed by atoms with van der Waals surface area (Å²) in [6.07, 6.45) is 6.81. The smallest absolute Gasteiger partial charge is 0.170 e. The van der Waals surface area contributed by atoms with Gasteiger partial charge in [0.15, 0.2) is 21.5 Å². The largest absolute Gasteiger partial charge is 0.495 e. The third-order valence-electron chi connectivity index (χ3n) is 6.00. The number of hydrogen-bond donors (Lipinski definition) is 0. The van der Waals surface area contributed by atoms with E-state index in [1.165, 1.54) is 0 Å². The summed E-state index contributed by atoms with van der Waals surface area (Å²) in [5, 5.41) is 7.93. The van der Waals surface area contributed by atoms with Crippen molar-refractivity contribution in [3.05, 3.63) is 77.9 Å². The van der Waals surface area contributed by atoms with Crippen molar-refractivity contribution in [2.24, 2.45) is 0 Å². The molecule has 0 amide bonds. The van der Waals surface area contributed by atoms with Gasteiger partial charge in [-0.15, -0.1) is 10.2 Å². The number of methoxy groups -OCH3 is 1. The van der Waals surface area contributed by atoms with Crippen molar-refractivity contribution in [2.45, 2.75) is 44.6 Å². The average Bonchev–Trinajstić information content (AvgIpc) is 3.26. The number of ether oxygens (including phenoxy) is 1. The van der Waals surface area contributed by atoms with Crippen LogP contribution in [0.3, 0.4) is 0 Å². The number of aryl methyl sites for hydroxylation is 2. The molecule has 0 radical (unpaired) electrons. The molecule has 9 nitrogen and oxygen atoms in total. The van der Waals surface area contributed by atoms with Crippen LogP contribution in [0.1, 0.15) is 42.5 Å². The van der Waals surface area contributed by atoms with Crippen LogP contribution in [0.15, 0.2) is 55.1 Å². The summed E-state index contributed by atoms with van der Waals surface area (Å²) in [6, 6.07) is 9.29. The molecule has 0 fully saturated rings. The highest BCUT2D eigenvalue weighted by Crippen LogP contribution is 2.31. The number of sulfone groups is 1. The summed E-state index contributed by atoms with van der Waals surface area (Å²) in [5.74, 6) is 1.12. The number of hydrogen-bond acceptors (Lipinski definition) is 8. The summed E-state index contributed by atoms with van der Waals surface area (Å²) >= 11 is 0. The van der Waals surface area contributed by atoms with E-state index in [1.807, 2.05) is 51.1 Å². The van der Waals surface area contributed by atoms with E-state index in [0.717, 1.165) is 16.7 Å². The van der Waals surface area contributed by atoms with Crippen LogP contribution in [0.25, 0.3) is 17.1 Å². The first-order chi connectivity index (χ1) is 16.7. The molecule has 4 aromatic rings. The number of para-hydroxylation sites is 2. The first kappa shape index (κ1) is 24.5. The zero-order valence-electron chi connectivity index (χ0n) is 20.4. The van der Waals surface area contributed by atoms with Crippen molar-refractivity contribution in [3.63, 3.8) is 0 Å². The molecule has 0 spiro atoms. The van der Waals surface area contributed by atoms with Gasteiger partial charge in [-0.05, 0) is 50.1 Å². The van der Waals surface area contributed by atoms with Crippen LogP contribution in [0, 0.1) is 13.8 Å². The van der Waals surface area contributed by atoms with E-state index >= 15 is 0 Å². The zero-order valence-corrected chi connectivity index (χ0v) is 21.2. The molecule has 0 aliphatic rings. The lowest BCUT2D eigenvalue weighted by atomic mass is 10.1. The maximum Gasteiger partial charge on any atom is 0.170 e. The predicted octanol–water partition coefficient (Wildman–Crippen LogP) is 3.85. The number of rotatable bonds is 8. The van der Waals surface area contributed by atoms with Gasteiger partial charge in [0.05, 0.1) is 18.0 Å². The van der Waals surface area contributed by atoms with Crippen molar-refractivity contribution < 1.29 is 13.2 Å². The lowest BCUT2D eigenvalue weighted by molar-refractivity contribution is 0.412. The summed E-state index contributed by atoms with van der Waals surface area (Å²) in [4.78, 5) is 12.9. The van der Waals surface area contributed by atoms with Crippen molar-refractivity contribution in [1.82, 2.24) is 29.7 Å². The highest BCUT2D eigenvalue weighted by atomic mass is 32.2. The number of pyridine rings is 1. The maximum atomic E-state index is 13.5. The second-order valence-electron chi connectivity index (χ2n) is 8.62. The predicted molar refractivity (Wildman–Crippen MR) is 133 cm³/mol. The van der Waals surface area contributed by atoms with Gasteiger partial charge in [-0.25, -0.2) is 18.4 Å². The molecule has 1 aromatic carbocycles. The molecule has 35 heavy (non-hydrogen) atoms. The van der Waals surface area contributed by atoms with Crippen molar-refractivity contribution in [3.8, 4) is 22.8 Å². The Hall–Kier alpha value is -3.66. The van der Waals surface area contributed by atoms with E-state index in [1.54, 1.807) is 43.4 Å². The van der Waals surface area contributed by atoms with Gasteiger partial charge in [-0.3, -0.25) is 9.55 Å². The Morgan fingerprint density at radius 1 is 0.971 bits per heavy atom. The molecular formula is C25H28N6O3S. The van der Waals surface area contributed by atoms with E-state index in [2.05, 4.69) is 25.1 Å². The van der Waals surface area contributed by atoms with E-state index in [4.69, 9.17) is 4.74 Å². The molecule has 0 unspecified atom stereocenters. The van der Waals surface area contributed by atoms with E-state index in [0.29, 0.717) is 23.1 Å². The number of benzene rings is 1. The zero-order chi connectivity index (χ0) is 25.2. The van der Waals surface area contributed by atoms with Crippen molar-refractivity contribution >= 4 is 9.84 Å². The maximum absolute atomic E-state index is 13.5. The lowest BCUT2D eigenvalue weighted by Gasteiger charge is -2.20. The first-order valence-electron chi connectivity index (χ1n) is 11.2. The molecule has 3 aromatic heterocycles. The third kappa shape index (κ3) is 5.07. The third-order valence-corrected chi connectivity index (χ3v) is 8.20. The van der Waals surface area contributed by atoms with Crippen LogP contribution in [-0.2, 0) is 15.6 Å². The van der Waals surface area contributed by atoms with Crippen LogP contribution in [-0.4, -0.2) is 50.5 Å². The Labute approximate surface area is 205 Å². The molecule has 0 aliphatic carbocycles. The Morgan fingerprint density at radius 2 is 1.69 bits per heavy atom. The summed E-state index contributed by atoms with van der Waals surface area (Å²) in [6.45, 7) is 7.32. The van der Waals surface area contributed by atoms with Gasteiger partial charge in [0.25, 0.3) is 0 Å². The quantitative estimate of drug-likeness (QED) is 0.364. The molecule has 4 rings (SSSR count). The average molecular weight is 493 g/mol. The molecule has 0 saturated heterocycles. The summed E-state index contributed by atoms with van der Waals surface area (Å²) in [5.41, 5.74) is 3.23. The fourth-order valence-corrected chi connectivity index (χ4v) is 5.37. The SMILES string of the molecule is COc1ccccc1-n1c(CS(=O)(=O)[C@@H](C)[C@H](C)c2ncc(C)cn2)nnc1-c1cncc(C)c1. The van der Waals surface area contributed by atoms with Crippen molar-refractivity contribution in [1.29, 1.82) is 0 Å². The molecule has 10 heteroatoms. The summed E-state index contributed by atoms with van der Waals surface area (Å²) < 4.78 is 34.4. The minimum atomic E-state index is -3.66. The van der Waals surface area contributed by atoms with Crippen LogP contribution in [0.4, 0.5) is 0 Å². The van der Waals surface area contributed by atoms with E-state index in [-0.39, 0.29) is 11.6 Å². The van der Waals surface area contributed by atoms with Gasteiger partial charge in [0.2, 0.25) is 0 Å². The Morgan fingerprint density at radius 3 is 2.37 bits per heavy atom. The Balaban J connectivity index is 1.77. The van der Waals surface area contributed by atoms with Gasteiger partial charge < -0.3 is 4.74 Å². The topological polar surface area (TPSA) is 113 Å². The van der Waals surface area contributed by atoms with Crippen LogP contribution < -0.4 is 4.74 Å². The van der Waals surface area contributed by atoms with Crippen molar-refractivity contribution in [2.75, 3.05) is 7.11 Å². The number of aromatic nitrogens is 6. The summed E-state index contributed by atoms with van der Waals surface area (Å²) in [7, 11) is -2.09. The molecule has 3 heterocycles. The monoisotopic (exact) mass is 492 g/mol. The standard InChI is InChI=1S/C25H28N6O3S/c1-16-10-20(14-26-11-16)25-30-29-23(31(25)21-8-6-7-9-22(21)34-5)15-35(32,33)19(4)18(3)24-27-12-17(2)13-28-24/h6-14,18-19H,15H2,1-5H3/t18-,19-/m0/s1. The lowest BCUT2D eigenvalue weighted by Crippen LogP contribution is -2.27. The Kier molecular flexibility index (Phi) is 6.93. The molecule has 0 aliphatic heterocycles. The fraction of sp³-hybridized carbons (Fsp3) is 0.320.